The van der Waals surface area contributed by atoms with Gasteiger partial charge in [-0.15, -0.1) is 0 Å². The van der Waals surface area contributed by atoms with Crippen LogP contribution in [0.2, 0.25) is 0 Å². The molecule has 0 aromatic heterocycles. The van der Waals surface area contributed by atoms with Gasteiger partial charge in [-0.1, -0.05) is 160 Å². The molecular weight excluding hydrogens is 922 g/mol. The second-order valence-corrected chi connectivity index (χ2v) is 17.0. The Balaban J connectivity index is 0.00000348. The number of likely N-dealkylation sites (N-methyl/N-ethyl adjacent to an activating group) is 2. The maximum absolute atomic E-state index is 6.79. The van der Waals surface area contributed by atoms with Crippen molar-refractivity contribution < 1.29 is 75.9 Å². The summed E-state index contributed by atoms with van der Waals surface area (Å²) < 4.78 is 28.5. The van der Waals surface area contributed by atoms with E-state index in [9.17, 15) is 0 Å². The maximum Gasteiger partial charge on any atom is 0.222 e. The Morgan fingerprint density at radius 2 is 0.661 bits per heavy atom. The molecule has 0 amide bonds. The van der Waals surface area contributed by atoms with E-state index in [1.54, 1.807) is 0 Å². The molecule has 0 aliphatic carbocycles. The van der Waals surface area contributed by atoms with Crippen LogP contribution in [0.4, 0.5) is 0 Å². The third-order valence-corrected chi connectivity index (χ3v) is 11.4. The van der Waals surface area contributed by atoms with Crippen LogP contribution in [0, 0.1) is 0 Å². The van der Waals surface area contributed by atoms with Gasteiger partial charge in [0.1, 0.15) is 25.3 Å². The first-order chi connectivity index (χ1) is 26.2. The van der Waals surface area contributed by atoms with Crippen LogP contribution in [0.15, 0.2) is 121 Å². The molecule has 306 valence electrons. The van der Waals surface area contributed by atoms with E-state index in [1.165, 1.54) is 77.3 Å². The molecule has 2 saturated heterocycles. The van der Waals surface area contributed by atoms with Gasteiger partial charge < -0.3 is 75.9 Å². The van der Waals surface area contributed by atoms with E-state index in [0.717, 1.165) is 44.3 Å². The molecular formula is C48H66I2N2O4. The molecule has 0 bridgehead atoms. The number of quaternary nitrogens is 2. The molecule has 0 saturated carbocycles. The molecule has 4 aromatic carbocycles. The SMILES string of the molecule is C[N+](C)(CCCCCCCCCCCC[N+](C)(C)CC1COC(c2ccccc2)(c2ccccc2)O1)CC1COC(c2ccccc2)(c2ccccc2)O1.[I-].[I-]. The van der Waals surface area contributed by atoms with Crippen LogP contribution in [0.25, 0.3) is 0 Å². The van der Waals surface area contributed by atoms with E-state index >= 15 is 0 Å². The molecule has 2 heterocycles. The van der Waals surface area contributed by atoms with Crippen molar-refractivity contribution in [2.75, 3.05) is 67.6 Å². The molecule has 4 aromatic rings. The molecule has 2 aliphatic heterocycles. The second kappa shape index (κ2) is 22.5. The van der Waals surface area contributed by atoms with Gasteiger partial charge in [0.05, 0.1) is 54.5 Å². The quantitative estimate of drug-likeness (QED) is 0.0727. The Kier molecular flexibility index (Phi) is 18.8. The fraction of sp³-hybridized carbons (Fsp3) is 0.500. The highest BCUT2D eigenvalue weighted by Crippen LogP contribution is 2.42. The zero-order valence-electron chi connectivity index (χ0n) is 34.3. The van der Waals surface area contributed by atoms with Crippen LogP contribution in [0.3, 0.4) is 0 Å². The molecule has 2 unspecified atom stereocenters. The van der Waals surface area contributed by atoms with Gasteiger partial charge in [0.15, 0.2) is 0 Å². The van der Waals surface area contributed by atoms with Crippen molar-refractivity contribution in [2.45, 2.75) is 88.0 Å². The van der Waals surface area contributed by atoms with Gasteiger partial charge in [-0.2, -0.15) is 0 Å². The lowest BCUT2D eigenvalue weighted by Crippen LogP contribution is -3.00. The highest BCUT2D eigenvalue weighted by molar-refractivity contribution is 5.36. The Hall–Kier alpha value is -1.90. The van der Waals surface area contributed by atoms with Crippen molar-refractivity contribution >= 4 is 0 Å². The largest absolute Gasteiger partial charge is 1.00 e. The average molecular weight is 989 g/mol. The number of hydrogen-bond acceptors (Lipinski definition) is 4. The molecule has 2 atom stereocenters. The molecule has 8 heteroatoms. The Labute approximate surface area is 372 Å². The van der Waals surface area contributed by atoms with Crippen LogP contribution in [-0.2, 0) is 30.5 Å². The lowest BCUT2D eigenvalue weighted by atomic mass is 9.97. The number of halogens is 2. The minimum absolute atomic E-state index is 0. The van der Waals surface area contributed by atoms with Gasteiger partial charge >= 0.3 is 0 Å². The number of benzene rings is 4. The summed E-state index contributed by atoms with van der Waals surface area (Å²) in [6.07, 6.45) is 13.3. The first-order valence-electron chi connectivity index (χ1n) is 20.7. The number of ether oxygens (including phenoxy) is 4. The standard InChI is InChI=1S/C48H66N2O4.2HI/c1-49(2,37-45-39-51-47(53-45,41-27-17-13-18-28-41)42-29-19-14-20-30-42)35-25-11-9-7-5-6-8-10-12-26-36-50(3,4)38-46-40-52-48(54-46,43-31-21-15-22-32-43)44-33-23-16-24-34-44;;/h13-24,27-34,45-46H,5-12,25-26,35-40H2,1-4H3;2*1H/q+2;;/p-2. The highest BCUT2D eigenvalue weighted by atomic mass is 127. The van der Waals surface area contributed by atoms with Crippen LogP contribution < -0.4 is 48.0 Å². The van der Waals surface area contributed by atoms with E-state index in [-0.39, 0.29) is 60.2 Å². The zero-order chi connectivity index (χ0) is 37.7. The minimum atomic E-state index is -0.829. The van der Waals surface area contributed by atoms with Gasteiger partial charge in [-0.25, -0.2) is 0 Å². The number of unbranched alkanes of at least 4 members (excludes halogenated alkanes) is 9. The summed E-state index contributed by atoms with van der Waals surface area (Å²) in [5.74, 6) is -1.66. The summed E-state index contributed by atoms with van der Waals surface area (Å²) in [7, 11) is 9.36. The van der Waals surface area contributed by atoms with E-state index in [1.807, 2.05) is 24.3 Å². The lowest BCUT2D eigenvalue weighted by molar-refractivity contribution is -0.893. The summed E-state index contributed by atoms with van der Waals surface area (Å²) in [6.45, 7) is 5.45. The average Bonchev–Trinajstić information content (AvgIpc) is 3.82. The van der Waals surface area contributed by atoms with Gasteiger partial charge in [0, 0.05) is 22.3 Å². The van der Waals surface area contributed by atoms with Crippen molar-refractivity contribution in [1.82, 2.24) is 0 Å². The van der Waals surface area contributed by atoms with Crippen molar-refractivity contribution in [3.63, 3.8) is 0 Å². The molecule has 0 N–H and O–H groups in total. The molecule has 56 heavy (non-hydrogen) atoms. The van der Waals surface area contributed by atoms with Crippen LogP contribution in [0.1, 0.15) is 86.5 Å². The Bertz CT molecular complexity index is 1460. The normalized spacial score (nSPS) is 18.9. The predicted molar refractivity (Wildman–Crippen MR) is 219 cm³/mol. The maximum atomic E-state index is 6.79. The molecule has 6 nitrogen and oxygen atoms in total. The first-order valence-corrected chi connectivity index (χ1v) is 20.7. The fourth-order valence-corrected chi connectivity index (χ4v) is 8.55. The third-order valence-electron chi connectivity index (χ3n) is 11.4. The molecule has 2 aliphatic rings. The minimum Gasteiger partial charge on any atom is -1.00 e. The number of nitrogens with zero attached hydrogens (tertiary/aromatic N) is 2. The van der Waals surface area contributed by atoms with Crippen molar-refractivity contribution in [3.8, 4) is 0 Å². The highest BCUT2D eigenvalue weighted by Gasteiger charge is 2.47. The van der Waals surface area contributed by atoms with E-state index in [4.69, 9.17) is 18.9 Å². The smallest absolute Gasteiger partial charge is 0.222 e. The molecule has 2 fully saturated rings. The van der Waals surface area contributed by atoms with Gasteiger partial charge in [0.2, 0.25) is 11.6 Å². The van der Waals surface area contributed by atoms with E-state index < -0.39 is 11.6 Å². The fourth-order valence-electron chi connectivity index (χ4n) is 8.55. The monoisotopic (exact) mass is 988 g/mol. The van der Waals surface area contributed by atoms with Crippen molar-refractivity contribution in [2.24, 2.45) is 0 Å². The van der Waals surface area contributed by atoms with Crippen LogP contribution >= 0.6 is 0 Å². The summed E-state index contributed by atoms with van der Waals surface area (Å²) in [4.78, 5) is 0. The molecule has 0 radical (unpaired) electrons. The Morgan fingerprint density at radius 1 is 0.411 bits per heavy atom. The lowest BCUT2D eigenvalue weighted by Gasteiger charge is -2.33. The van der Waals surface area contributed by atoms with Crippen molar-refractivity contribution in [1.29, 1.82) is 0 Å². The predicted octanol–water partition coefficient (Wildman–Crippen LogP) is 3.68. The molecule has 0 spiro atoms. The van der Waals surface area contributed by atoms with Gasteiger partial charge in [-0.05, 0) is 25.7 Å². The summed E-state index contributed by atoms with van der Waals surface area (Å²) in [5.41, 5.74) is 4.23. The summed E-state index contributed by atoms with van der Waals surface area (Å²) in [6, 6.07) is 41.6. The second-order valence-electron chi connectivity index (χ2n) is 17.0. The summed E-state index contributed by atoms with van der Waals surface area (Å²) >= 11 is 0. The van der Waals surface area contributed by atoms with Crippen molar-refractivity contribution in [3.05, 3.63) is 144 Å². The first kappa shape index (κ1) is 46.8. The van der Waals surface area contributed by atoms with Crippen LogP contribution in [0.5, 0.6) is 0 Å². The number of hydrogen-bond donors (Lipinski definition) is 0. The van der Waals surface area contributed by atoms with E-state index in [0.29, 0.717) is 13.2 Å². The summed E-state index contributed by atoms with van der Waals surface area (Å²) in [5, 5.41) is 0. The third kappa shape index (κ3) is 12.8. The van der Waals surface area contributed by atoms with Gasteiger partial charge in [-0.3, -0.25) is 0 Å². The Morgan fingerprint density at radius 3 is 0.929 bits per heavy atom. The topological polar surface area (TPSA) is 36.9 Å². The number of rotatable bonds is 21. The van der Waals surface area contributed by atoms with E-state index in [2.05, 4.69) is 125 Å². The van der Waals surface area contributed by atoms with Gasteiger partial charge in [0.25, 0.3) is 0 Å². The zero-order valence-corrected chi connectivity index (χ0v) is 38.6. The van der Waals surface area contributed by atoms with Crippen LogP contribution in [-0.4, -0.2) is 88.8 Å². The molecule has 6 rings (SSSR count).